The standard InChI is InChI=1S/C21H24BrClN2O4S/c1-15(16-5-7-17(22)8-6-16)24-21(26)14-29-20-10-9-18(13-19(20)23)30(27,28)25-11-3-2-4-12-25/h5-10,13,15H,2-4,11-12,14H2,1H3,(H,24,26)/t15-/m1/s1. The van der Waals surface area contributed by atoms with E-state index in [-0.39, 0.29) is 34.2 Å². The highest BCUT2D eigenvalue weighted by Gasteiger charge is 2.26. The fraction of sp³-hybridized carbons (Fsp3) is 0.381. The summed E-state index contributed by atoms with van der Waals surface area (Å²) in [7, 11) is -3.57. The Morgan fingerprint density at radius 2 is 1.83 bits per heavy atom. The fourth-order valence-electron chi connectivity index (χ4n) is 3.27. The summed E-state index contributed by atoms with van der Waals surface area (Å²) in [5.41, 5.74) is 0.969. The van der Waals surface area contributed by atoms with Gasteiger partial charge in [0.25, 0.3) is 5.91 Å². The minimum absolute atomic E-state index is 0.134. The van der Waals surface area contributed by atoms with Crippen molar-refractivity contribution in [1.29, 1.82) is 0 Å². The lowest BCUT2D eigenvalue weighted by Crippen LogP contribution is -2.35. The maximum Gasteiger partial charge on any atom is 0.258 e. The SMILES string of the molecule is C[C@@H](NC(=O)COc1ccc(S(=O)(=O)N2CCCCC2)cc1Cl)c1ccc(Br)cc1. The largest absolute Gasteiger partial charge is 0.482 e. The van der Waals surface area contributed by atoms with Gasteiger partial charge in [-0.05, 0) is 55.7 Å². The van der Waals surface area contributed by atoms with Gasteiger partial charge in [0.15, 0.2) is 6.61 Å². The maximum atomic E-state index is 12.8. The van der Waals surface area contributed by atoms with Crippen LogP contribution in [0.15, 0.2) is 51.8 Å². The molecular formula is C21H24BrClN2O4S. The van der Waals surface area contributed by atoms with Crippen LogP contribution in [0.25, 0.3) is 0 Å². The molecule has 2 aromatic carbocycles. The smallest absolute Gasteiger partial charge is 0.258 e. The first-order valence-electron chi connectivity index (χ1n) is 9.75. The van der Waals surface area contributed by atoms with Gasteiger partial charge >= 0.3 is 0 Å². The van der Waals surface area contributed by atoms with E-state index >= 15 is 0 Å². The van der Waals surface area contributed by atoms with E-state index < -0.39 is 10.0 Å². The van der Waals surface area contributed by atoms with Crippen molar-refractivity contribution in [2.45, 2.75) is 37.1 Å². The van der Waals surface area contributed by atoms with Crippen LogP contribution in [0.2, 0.25) is 5.02 Å². The third kappa shape index (κ3) is 5.75. The van der Waals surface area contributed by atoms with Crippen molar-refractivity contribution in [3.8, 4) is 5.75 Å². The van der Waals surface area contributed by atoms with E-state index in [2.05, 4.69) is 21.2 Å². The molecule has 1 heterocycles. The van der Waals surface area contributed by atoms with Gasteiger partial charge in [0, 0.05) is 17.6 Å². The minimum Gasteiger partial charge on any atom is -0.482 e. The van der Waals surface area contributed by atoms with Crippen molar-refractivity contribution >= 4 is 43.5 Å². The predicted molar refractivity (Wildman–Crippen MR) is 120 cm³/mol. The van der Waals surface area contributed by atoms with E-state index in [0.717, 1.165) is 29.3 Å². The topological polar surface area (TPSA) is 75.7 Å². The molecule has 0 radical (unpaired) electrons. The van der Waals surface area contributed by atoms with Crippen LogP contribution in [-0.4, -0.2) is 38.3 Å². The van der Waals surface area contributed by atoms with E-state index in [1.54, 1.807) is 0 Å². The Morgan fingerprint density at radius 1 is 1.17 bits per heavy atom. The van der Waals surface area contributed by atoms with Crippen molar-refractivity contribution in [2.75, 3.05) is 19.7 Å². The lowest BCUT2D eigenvalue weighted by molar-refractivity contribution is -0.123. The second-order valence-electron chi connectivity index (χ2n) is 7.19. The van der Waals surface area contributed by atoms with Crippen LogP contribution < -0.4 is 10.1 Å². The van der Waals surface area contributed by atoms with Gasteiger partial charge in [-0.1, -0.05) is 46.1 Å². The third-order valence-electron chi connectivity index (χ3n) is 4.96. The highest BCUT2D eigenvalue weighted by molar-refractivity contribution is 9.10. The van der Waals surface area contributed by atoms with Crippen molar-refractivity contribution in [2.24, 2.45) is 0 Å². The van der Waals surface area contributed by atoms with Gasteiger partial charge in [0.05, 0.1) is 16.0 Å². The van der Waals surface area contributed by atoms with Crippen molar-refractivity contribution < 1.29 is 17.9 Å². The predicted octanol–water partition coefficient (Wildman–Crippen LogP) is 4.53. The molecule has 0 unspecified atom stereocenters. The molecule has 1 fully saturated rings. The average Bonchev–Trinajstić information content (AvgIpc) is 2.73. The Morgan fingerprint density at radius 3 is 2.47 bits per heavy atom. The summed E-state index contributed by atoms with van der Waals surface area (Å²) in [5, 5.41) is 3.01. The quantitative estimate of drug-likeness (QED) is 0.588. The Kier molecular flexibility index (Phi) is 7.79. The Bertz CT molecular complexity index is 993. The Hall–Kier alpha value is -1.61. The van der Waals surface area contributed by atoms with E-state index in [1.165, 1.54) is 22.5 Å². The van der Waals surface area contributed by atoms with Crippen LogP contribution in [0, 0.1) is 0 Å². The molecule has 0 saturated carbocycles. The molecule has 2 aromatic rings. The number of halogens is 2. The molecule has 6 nitrogen and oxygen atoms in total. The number of carbonyl (C=O) groups is 1. The van der Waals surface area contributed by atoms with Crippen LogP contribution in [0.4, 0.5) is 0 Å². The summed E-state index contributed by atoms with van der Waals surface area (Å²) in [6.45, 7) is 2.71. The van der Waals surface area contributed by atoms with Crippen molar-refractivity contribution in [1.82, 2.24) is 9.62 Å². The van der Waals surface area contributed by atoms with Gasteiger partial charge < -0.3 is 10.1 Å². The summed E-state index contributed by atoms with van der Waals surface area (Å²) in [5.74, 6) is -0.0350. The number of rotatable bonds is 7. The number of piperidine rings is 1. The molecule has 1 aliphatic heterocycles. The third-order valence-corrected chi connectivity index (χ3v) is 7.68. The van der Waals surface area contributed by atoms with Gasteiger partial charge in [0.2, 0.25) is 10.0 Å². The first-order valence-corrected chi connectivity index (χ1v) is 12.4. The first-order chi connectivity index (χ1) is 14.3. The summed E-state index contributed by atoms with van der Waals surface area (Å²) in [6.07, 6.45) is 2.77. The number of hydrogen-bond donors (Lipinski definition) is 1. The summed E-state index contributed by atoms with van der Waals surface area (Å²) < 4.78 is 33.5. The number of carbonyl (C=O) groups excluding carboxylic acids is 1. The molecule has 162 valence electrons. The summed E-state index contributed by atoms with van der Waals surface area (Å²) >= 11 is 9.61. The highest BCUT2D eigenvalue weighted by atomic mass is 79.9. The number of sulfonamides is 1. The number of nitrogens with one attached hydrogen (secondary N) is 1. The van der Waals surface area contributed by atoms with Crippen molar-refractivity contribution in [3.05, 3.63) is 57.5 Å². The van der Waals surface area contributed by atoms with Crippen molar-refractivity contribution in [3.63, 3.8) is 0 Å². The molecule has 1 saturated heterocycles. The average molecular weight is 516 g/mol. The number of hydrogen-bond acceptors (Lipinski definition) is 4. The maximum absolute atomic E-state index is 12.8. The molecule has 1 amide bonds. The summed E-state index contributed by atoms with van der Waals surface area (Å²) in [6, 6.07) is 11.8. The van der Waals surface area contributed by atoms with Crippen LogP contribution in [0.3, 0.4) is 0 Å². The molecule has 1 aliphatic rings. The van der Waals surface area contributed by atoms with Crippen LogP contribution in [-0.2, 0) is 14.8 Å². The van der Waals surface area contributed by atoms with Gasteiger partial charge in [-0.2, -0.15) is 4.31 Å². The van der Waals surface area contributed by atoms with E-state index in [0.29, 0.717) is 13.1 Å². The normalized spacial score (nSPS) is 16.1. The second kappa shape index (κ2) is 10.1. The van der Waals surface area contributed by atoms with Crippen LogP contribution in [0.5, 0.6) is 5.75 Å². The Labute approximate surface area is 190 Å². The monoisotopic (exact) mass is 514 g/mol. The fourth-order valence-corrected chi connectivity index (χ4v) is 5.38. The molecular weight excluding hydrogens is 492 g/mol. The van der Waals surface area contributed by atoms with E-state index in [1.807, 2.05) is 31.2 Å². The molecule has 9 heteroatoms. The zero-order valence-electron chi connectivity index (χ0n) is 16.6. The number of benzene rings is 2. The number of ether oxygens (including phenoxy) is 1. The molecule has 30 heavy (non-hydrogen) atoms. The molecule has 0 aliphatic carbocycles. The molecule has 0 aromatic heterocycles. The van der Waals surface area contributed by atoms with Gasteiger partial charge in [-0.25, -0.2) is 8.42 Å². The summed E-state index contributed by atoms with van der Waals surface area (Å²) in [4.78, 5) is 12.4. The van der Waals surface area contributed by atoms with Crippen LogP contribution >= 0.6 is 27.5 Å². The lowest BCUT2D eigenvalue weighted by Gasteiger charge is -2.26. The zero-order chi connectivity index (χ0) is 21.7. The molecule has 1 N–H and O–H groups in total. The molecule has 0 bridgehead atoms. The van der Waals surface area contributed by atoms with Gasteiger partial charge in [-0.3, -0.25) is 4.79 Å². The molecule has 0 spiro atoms. The van der Waals surface area contributed by atoms with Crippen LogP contribution in [0.1, 0.15) is 37.8 Å². The highest BCUT2D eigenvalue weighted by Crippen LogP contribution is 2.29. The second-order valence-corrected chi connectivity index (χ2v) is 10.4. The number of nitrogens with zero attached hydrogens (tertiary/aromatic N) is 1. The minimum atomic E-state index is -3.57. The van der Waals surface area contributed by atoms with E-state index in [4.69, 9.17) is 16.3 Å². The van der Waals surface area contributed by atoms with Gasteiger partial charge in [-0.15, -0.1) is 0 Å². The first kappa shape index (κ1) is 23.1. The number of amides is 1. The molecule has 3 rings (SSSR count). The Balaban J connectivity index is 1.59. The van der Waals surface area contributed by atoms with E-state index in [9.17, 15) is 13.2 Å². The molecule has 1 atom stereocenters. The van der Waals surface area contributed by atoms with Gasteiger partial charge in [0.1, 0.15) is 5.75 Å². The zero-order valence-corrected chi connectivity index (χ0v) is 19.8. The lowest BCUT2D eigenvalue weighted by atomic mass is 10.1.